The predicted octanol–water partition coefficient (Wildman–Crippen LogP) is 2.54. The smallest absolute Gasteiger partial charge is 0.186 e. The first-order valence-corrected chi connectivity index (χ1v) is 9.30. The minimum atomic E-state index is -0.682. The first-order valence-electron chi connectivity index (χ1n) is 9.30. The normalized spacial score (nSPS) is 33.2. The van der Waals surface area contributed by atoms with E-state index in [1.54, 1.807) is 0 Å². The standard InChI is InChI=1S/C20H30O6/c1-13-6-8-15(9-7-13)12-23-18-17-16(25-20(3,4)26-17)14(2)24-19(18)22-11-5-10-21/h6-9,14,16-19,21H,5,10-12H2,1-4H3/t14-,16+,17+,18-,19+/m0/s1. The van der Waals surface area contributed by atoms with Crippen LogP contribution in [0.4, 0.5) is 0 Å². The zero-order chi connectivity index (χ0) is 18.7. The van der Waals surface area contributed by atoms with Gasteiger partial charge in [-0.15, -0.1) is 0 Å². The quantitative estimate of drug-likeness (QED) is 0.748. The van der Waals surface area contributed by atoms with Crippen LogP contribution in [0.5, 0.6) is 0 Å². The third-order valence-corrected chi connectivity index (χ3v) is 4.71. The van der Waals surface area contributed by atoms with Crippen LogP contribution in [0.1, 0.15) is 38.3 Å². The van der Waals surface area contributed by atoms with E-state index in [1.807, 2.05) is 20.8 Å². The van der Waals surface area contributed by atoms with Crippen molar-refractivity contribution in [2.24, 2.45) is 0 Å². The van der Waals surface area contributed by atoms with Crippen LogP contribution >= 0.6 is 0 Å². The Hall–Kier alpha value is -1.02. The molecule has 0 radical (unpaired) electrons. The van der Waals surface area contributed by atoms with E-state index in [1.165, 1.54) is 5.56 Å². The maximum Gasteiger partial charge on any atom is 0.186 e. The Morgan fingerprint density at radius 1 is 1.08 bits per heavy atom. The minimum absolute atomic E-state index is 0.0792. The Balaban J connectivity index is 1.72. The number of hydrogen-bond donors (Lipinski definition) is 1. The number of ether oxygens (including phenoxy) is 5. The number of aryl methyl sites for hydroxylation is 1. The summed E-state index contributed by atoms with van der Waals surface area (Å²) in [6.45, 7) is 8.74. The van der Waals surface area contributed by atoms with Crippen molar-refractivity contribution in [3.05, 3.63) is 35.4 Å². The number of fused-ring (bicyclic) bond motifs is 1. The molecule has 0 aliphatic carbocycles. The molecule has 0 amide bonds. The fourth-order valence-electron chi connectivity index (χ4n) is 3.40. The molecule has 2 fully saturated rings. The van der Waals surface area contributed by atoms with Gasteiger partial charge in [0.2, 0.25) is 0 Å². The zero-order valence-corrected chi connectivity index (χ0v) is 16.0. The van der Waals surface area contributed by atoms with Gasteiger partial charge in [-0.05, 0) is 39.7 Å². The second-order valence-electron chi connectivity index (χ2n) is 7.48. The van der Waals surface area contributed by atoms with Crippen molar-refractivity contribution < 1.29 is 28.8 Å². The molecular weight excluding hydrogens is 336 g/mol. The molecule has 146 valence electrons. The molecule has 6 heteroatoms. The third-order valence-electron chi connectivity index (χ3n) is 4.71. The lowest BCUT2D eigenvalue weighted by Crippen LogP contribution is -2.57. The molecule has 1 aromatic rings. The van der Waals surface area contributed by atoms with Gasteiger partial charge in [0.05, 0.1) is 19.3 Å². The maximum atomic E-state index is 9.01. The molecule has 0 unspecified atom stereocenters. The Morgan fingerprint density at radius 2 is 1.77 bits per heavy atom. The van der Waals surface area contributed by atoms with Crippen LogP contribution < -0.4 is 0 Å². The van der Waals surface area contributed by atoms with Gasteiger partial charge in [-0.3, -0.25) is 0 Å². The summed E-state index contributed by atoms with van der Waals surface area (Å²) in [5, 5.41) is 9.01. The van der Waals surface area contributed by atoms with Gasteiger partial charge in [-0.1, -0.05) is 29.8 Å². The summed E-state index contributed by atoms with van der Waals surface area (Å²) >= 11 is 0. The molecule has 2 aliphatic heterocycles. The highest BCUT2D eigenvalue weighted by atomic mass is 16.8. The molecular formula is C20H30O6. The Labute approximate surface area is 155 Å². The summed E-state index contributed by atoms with van der Waals surface area (Å²) < 4.78 is 30.2. The number of aliphatic hydroxyl groups excluding tert-OH is 1. The molecule has 0 aromatic heterocycles. The zero-order valence-electron chi connectivity index (χ0n) is 16.0. The fraction of sp³-hybridized carbons (Fsp3) is 0.700. The Kier molecular flexibility index (Phi) is 6.33. The van der Waals surface area contributed by atoms with Gasteiger partial charge in [0, 0.05) is 6.61 Å². The highest BCUT2D eigenvalue weighted by Crippen LogP contribution is 2.39. The molecule has 2 aliphatic rings. The van der Waals surface area contributed by atoms with Gasteiger partial charge in [-0.2, -0.15) is 0 Å². The summed E-state index contributed by atoms with van der Waals surface area (Å²) in [6, 6.07) is 8.23. The van der Waals surface area contributed by atoms with E-state index in [-0.39, 0.29) is 24.9 Å². The van der Waals surface area contributed by atoms with E-state index in [4.69, 9.17) is 28.8 Å². The SMILES string of the molecule is Cc1ccc(CO[C@@H]2[C@H](OCCCO)O[C@@H](C)[C@H]3OC(C)(C)O[C@@H]23)cc1. The van der Waals surface area contributed by atoms with Crippen molar-refractivity contribution in [3.8, 4) is 0 Å². The van der Waals surface area contributed by atoms with Crippen molar-refractivity contribution in [2.45, 2.75) is 77.2 Å². The van der Waals surface area contributed by atoms with Crippen LogP contribution in [0.15, 0.2) is 24.3 Å². The Bertz CT molecular complexity index is 572. The summed E-state index contributed by atoms with van der Waals surface area (Å²) in [6.07, 6.45) is -1.04. The average Bonchev–Trinajstić information content (AvgIpc) is 2.92. The van der Waals surface area contributed by atoms with E-state index in [2.05, 4.69) is 31.2 Å². The minimum Gasteiger partial charge on any atom is -0.396 e. The Morgan fingerprint density at radius 3 is 2.46 bits per heavy atom. The van der Waals surface area contributed by atoms with Crippen LogP contribution in [0, 0.1) is 6.92 Å². The second-order valence-corrected chi connectivity index (χ2v) is 7.48. The van der Waals surface area contributed by atoms with E-state index in [9.17, 15) is 0 Å². The van der Waals surface area contributed by atoms with Gasteiger partial charge in [0.15, 0.2) is 12.1 Å². The highest BCUT2D eigenvalue weighted by molar-refractivity contribution is 5.20. The lowest BCUT2D eigenvalue weighted by Gasteiger charge is -2.40. The van der Waals surface area contributed by atoms with Crippen molar-refractivity contribution in [1.82, 2.24) is 0 Å². The van der Waals surface area contributed by atoms with Crippen LogP contribution in [0.3, 0.4) is 0 Å². The average molecular weight is 366 g/mol. The van der Waals surface area contributed by atoms with Gasteiger partial charge < -0.3 is 28.8 Å². The lowest BCUT2D eigenvalue weighted by molar-refractivity contribution is -0.286. The molecule has 5 atom stereocenters. The largest absolute Gasteiger partial charge is 0.396 e. The molecule has 26 heavy (non-hydrogen) atoms. The van der Waals surface area contributed by atoms with Crippen molar-refractivity contribution in [3.63, 3.8) is 0 Å². The molecule has 1 aromatic carbocycles. The van der Waals surface area contributed by atoms with E-state index >= 15 is 0 Å². The lowest BCUT2D eigenvalue weighted by atomic mass is 9.99. The molecule has 0 spiro atoms. The number of aliphatic hydroxyl groups is 1. The van der Waals surface area contributed by atoms with E-state index in [0.717, 1.165) is 5.56 Å². The molecule has 1 N–H and O–H groups in total. The summed E-state index contributed by atoms with van der Waals surface area (Å²) in [4.78, 5) is 0. The van der Waals surface area contributed by atoms with Gasteiger partial charge >= 0.3 is 0 Å². The number of hydrogen-bond acceptors (Lipinski definition) is 6. The van der Waals surface area contributed by atoms with Crippen LogP contribution in [-0.2, 0) is 30.3 Å². The number of benzene rings is 1. The van der Waals surface area contributed by atoms with Gasteiger partial charge in [0.25, 0.3) is 0 Å². The first-order chi connectivity index (χ1) is 12.4. The van der Waals surface area contributed by atoms with Crippen LogP contribution in [0.25, 0.3) is 0 Å². The molecule has 2 heterocycles. The van der Waals surface area contributed by atoms with Crippen LogP contribution in [-0.4, -0.2) is 54.8 Å². The second kappa shape index (κ2) is 8.33. The maximum absolute atomic E-state index is 9.01. The summed E-state index contributed by atoms with van der Waals surface area (Å²) in [5.74, 6) is -0.682. The molecule has 3 rings (SSSR count). The molecule has 0 bridgehead atoms. The summed E-state index contributed by atoms with van der Waals surface area (Å²) in [7, 11) is 0. The van der Waals surface area contributed by atoms with E-state index < -0.39 is 18.2 Å². The molecule has 0 saturated carbocycles. The fourth-order valence-corrected chi connectivity index (χ4v) is 3.40. The van der Waals surface area contributed by atoms with Crippen molar-refractivity contribution in [2.75, 3.05) is 13.2 Å². The van der Waals surface area contributed by atoms with Gasteiger partial charge in [-0.25, -0.2) is 0 Å². The monoisotopic (exact) mass is 366 g/mol. The van der Waals surface area contributed by atoms with Crippen LogP contribution in [0.2, 0.25) is 0 Å². The highest BCUT2D eigenvalue weighted by Gasteiger charge is 2.54. The van der Waals surface area contributed by atoms with Crippen molar-refractivity contribution >= 4 is 0 Å². The van der Waals surface area contributed by atoms with E-state index in [0.29, 0.717) is 19.6 Å². The van der Waals surface area contributed by atoms with Gasteiger partial charge in [0.1, 0.15) is 18.3 Å². The first kappa shape index (κ1) is 19.7. The number of rotatable bonds is 7. The summed E-state index contributed by atoms with van der Waals surface area (Å²) in [5.41, 5.74) is 2.29. The molecule has 6 nitrogen and oxygen atoms in total. The predicted molar refractivity (Wildman–Crippen MR) is 95.6 cm³/mol. The molecule has 2 saturated heterocycles. The topological polar surface area (TPSA) is 66.4 Å². The van der Waals surface area contributed by atoms with Crippen molar-refractivity contribution in [1.29, 1.82) is 0 Å². The third kappa shape index (κ3) is 4.63.